The van der Waals surface area contributed by atoms with Crippen LogP contribution >= 0.6 is 11.8 Å². The summed E-state index contributed by atoms with van der Waals surface area (Å²) in [7, 11) is 0. The van der Waals surface area contributed by atoms with E-state index < -0.39 is 0 Å². The van der Waals surface area contributed by atoms with Crippen LogP contribution in [0.25, 0.3) is 0 Å². The van der Waals surface area contributed by atoms with Gasteiger partial charge in [0.25, 0.3) is 0 Å². The lowest BCUT2D eigenvalue weighted by atomic mass is 10.4. The first-order valence-corrected chi connectivity index (χ1v) is 7.89. The number of hydrogen-bond donors (Lipinski definition) is 2. The number of amides is 2. The summed E-state index contributed by atoms with van der Waals surface area (Å²) in [5.74, 6) is 1.16. The van der Waals surface area contributed by atoms with Crippen LogP contribution in [0.4, 0.5) is 10.7 Å². The second-order valence-corrected chi connectivity index (χ2v) is 5.65. The summed E-state index contributed by atoms with van der Waals surface area (Å²) in [6.45, 7) is 4.29. The van der Waals surface area contributed by atoms with Gasteiger partial charge in [0.05, 0.1) is 0 Å². The molecule has 7 nitrogen and oxygen atoms in total. The van der Waals surface area contributed by atoms with Crippen molar-refractivity contribution in [2.45, 2.75) is 25.4 Å². The number of nitrogens with zero attached hydrogens (tertiary/aromatic N) is 4. The molecule has 0 radical (unpaired) electrons. The van der Waals surface area contributed by atoms with Crippen LogP contribution in [-0.4, -0.2) is 38.3 Å². The summed E-state index contributed by atoms with van der Waals surface area (Å²) in [6, 6.07) is 3.34. The molecule has 0 unspecified atom stereocenters. The van der Waals surface area contributed by atoms with E-state index in [1.165, 1.54) is 0 Å². The standard InChI is InChI=1S/C14H18N6OS/c1-10-9-11(2)19-12(18-10)20-13(21)15-7-4-8-22-14-16-5-3-6-17-14/h3,5-6,9H,4,7-8H2,1-2H3,(H2,15,18,19,20,21). The number of rotatable bonds is 6. The van der Waals surface area contributed by atoms with Crippen molar-refractivity contribution in [3.8, 4) is 0 Å². The minimum atomic E-state index is -0.300. The van der Waals surface area contributed by atoms with Crippen molar-refractivity contribution in [1.82, 2.24) is 25.3 Å². The highest BCUT2D eigenvalue weighted by Crippen LogP contribution is 2.11. The van der Waals surface area contributed by atoms with Crippen LogP contribution < -0.4 is 10.6 Å². The zero-order valence-corrected chi connectivity index (χ0v) is 13.4. The number of hydrogen-bond acceptors (Lipinski definition) is 6. The van der Waals surface area contributed by atoms with Crippen LogP contribution in [0.3, 0.4) is 0 Å². The Morgan fingerprint density at radius 1 is 1.18 bits per heavy atom. The van der Waals surface area contributed by atoms with Gasteiger partial charge in [-0.05, 0) is 32.4 Å². The molecule has 2 amide bonds. The molecule has 0 bridgehead atoms. The van der Waals surface area contributed by atoms with Gasteiger partial charge in [0, 0.05) is 36.1 Å². The second kappa shape index (κ2) is 8.28. The van der Waals surface area contributed by atoms with Gasteiger partial charge in [-0.15, -0.1) is 0 Å². The average Bonchev–Trinajstić information content (AvgIpc) is 2.47. The van der Waals surface area contributed by atoms with Gasteiger partial charge in [0.15, 0.2) is 5.16 Å². The molecule has 0 spiro atoms. The molecule has 2 aromatic rings. The fourth-order valence-electron chi connectivity index (χ4n) is 1.73. The van der Waals surface area contributed by atoms with Gasteiger partial charge in [0.1, 0.15) is 0 Å². The highest BCUT2D eigenvalue weighted by molar-refractivity contribution is 7.99. The molecular weight excluding hydrogens is 300 g/mol. The number of carbonyl (C=O) groups excluding carboxylic acids is 1. The monoisotopic (exact) mass is 318 g/mol. The van der Waals surface area contributed by atoms with Crippen LogP contribution in [0.2, 0.25) is 0 Å². The lowest BCUT2D eigenvalue weighted by Gasteiger charge is -2.07. The van der Waals surface area contributed by atoms with Crippen molar-refractivity contribution in [1.29, 1.82) is 0 Å². The maximum Gasteiger partial charge on any atom is 0.321 e. The summed E-state index contributed by atoms with van der Waals surface area (Å²) in [5, 5.41) is 6.15. The van der Waals surface area contributed by atoms with Crippen molar-refractivity contribution >= 4 is 23.7 Å². The van der Waals surface area contributed by atoms with E-state index in [1.54, 1.807) is 30.2 Å². The Kier molecular flexibility index (Phi) is 6.08. The van der Waals surface area contributed by atoms with E-state index in [0.29, 0.717) is 12.5 Å². The van der Waals surface area contributed by atoms with E-state index in [0.717, 1.165) is 28.7 Å². The minimum Gasteiger partial charge on any atom is -0.338 e. The fourth-order valence-corrected chi connectivity index (χ4v) is 2.47. The zero-order valence-electron chi connectivity index (χ0n) is 12.5. The minimum absolute atomic E-state index is 0.300. The summed E-state index contributed by atoms with van der Waals surface area (Å²) in [6.07, 6.45) is 4.25. The Hall–Kier alpha value is -2.22. The van der Waals surface area contributed by atoms with Gasteiger partial charge in [-0.3, -0.25) is 5.32 Å². The molecule has 0 saturated heterocycles. The molecule has 22 heavy (non-hydrogen) atoms. The predicted molar refractivity (Wildman–Crippen MR) is 85.9 cm³/mol. The molecule has 0 saturated carbocycles. The number of aryl methyl sites for hydroxylation is 2. The van der Waals surface area contributed by atoms with Crippen LogP contribution in [0.15, 0.2) is 29.7 Å². The van der Waals surface area contributed by atoms with Crippen LogP contribution in [-0.2, 0) is 0 Å². The molecule has 0 aliphatic carbocycles. The summed E-state index contributed by atoms with van der Waals surface area (Å²) < 4.78 is 0. The molecule has 0 aliphatic heterocycles. The van der Waals surface area contributed by atoms with Crippen molar-refractivity contribution in [2.75, 3.05) is 17.6 Å². The molecule has 2 rings (SSSR count). The summed E-state index contributed by atoms with van der Waals surface area (Å²) >= 11 is 1.56. The Morgan fingerprint density at radius 2 is 1.86 bits per heavy atom. The van der Waals surface area contributed by atoms with E-state index in [9.17, 15) is 4.79 Å². The van der Waals surface area contributed by atoms with Crippen molar-refractivity contribution in [3.05, 3.63) is 35.9 Å². The van der Waals surface area contributed by atoms with Crippen molar-refractivity contribution in [2.24, 2.45) is 0 Å². The molecule has 8 heteroatoms. The fraction of sp³-hybridized carbons (Fsp3) is 0.357. The maximum absolute atomic E-state index is 11.7. The van der Waals surface area contributed by atoms with E-state index >= 15 is 0 Å². The van der Waals surface area contributed by atoms with Gasteiger partial charge in [0.2, 0.25) is 5.95 Å². The largest absolute Gasteiger partial charge is 0.338 e. The van der Waals surface area contributed by atoms with Gasteiger partial charge < -0.3 is 5.32 Å². The molecule has 0 fully saturated rings. The van der Waals surface area contributed by atoms with Gasteiger partial charge in [-0.2, -0.15) is 0 Å². The van der Waals surface area contributed by atoms with Crippen molar-refractivity contribution < 1.29 is 4.79 Å². The molecule has 0 aliphatic rings. The van der Waals surface area contributed by atoms with Crippen LogP contribution in [0.1, 0.15) is 17.8 Å². The third-order valence-corrected chi connectivity index (χ3v) is 3.55. The molecule has 0 atom stereocenters. The number of nitrogens with one attached hydrogen (secondary N) is 2. The number of anilines is 1. The third kappa shape index (κ3) is 5.65. The highest BCUT2D eigenvalue weighted by Gasteiger charge is 2.05. The first kappa shape index (κ1) is 16.2. The molecule has 116 valence electrons. The Morgan fingerprint density at radius 3 is 2.55 bits per heavy atom. The summed E-state index contributed by atoms with van der Waals surface area (Å²) in [4.78, 5) is 28.3. The number of urea groups is 1. The molecule has 2 N–H and O–H groups in total. The van der Waals surface area contributed by atoms with E-state index in [1.807, 2.05) is 19.9 Å². The maximum atomic E-state index is 11.7. The Balaban J connectivity index is 1.65. The van der Waals surface area contributed by atoms with E-state index in [-0.39, 0.29) is 6.03 Å². The third-order valence-electron chi connectivity index (χ3n) is 2.59. The summed E-state index contributed by atoms with van der Waals surface area (Å²) in [5.41, 5.74) is 1.64. The first-order valence-electron chi connectivity index (χ1n) is 6.90. The molecule has 2 aromatic heterocycles. The lowest BCUT2D eigenvalue weighted by Crippen LogP contribution is -2.30. The normalized spacial score (nSPS) is 10.3. The van der Waals surface area contributed by atoms with E-state index in [2.05, 4.69) is 30.6 Å². The average molecular weight is 318 g/mol. The zero-order chi connectivity index (χ0) is 15.8. The van der Waals surface area contributed by atoms with Crippen LogP contribution in [0.5, 0.6) is 0 Å². The quantitative estimate of drug-likeness (QED) is 0.482. The second-order valence-electron chi connectivity index (χ2n) is 4.59. The van der Waals surface area contributed by atoms with Gasteiger partial charge >= 0.3 is 6.03 Å². The smallest absolute Gasteiger partial charge is 0.321 e. The number of carbonyl (C=O) groups is 1. The topological polar surface area (TPSA) is 92.7 Å². The Labute approximate surface area is 133 Å². The number of aromatic nitrogens is 4. The first-order chi connectivity index (χ1) is 10.6. The predicted octanol–water partition coefficient (Wildman–Crippen LogP) is 2.19. The lowest BCUT2D eigenvalue weighted by molar-refractivity contribution is 0.252. The highest BCUT2D eigenvalue weighted by atomic mass is 32.2. The van der Waals surface area contributed by atoms with E-state index in [4.69, 9.17) is 0 Å². The Bertz CT molecular complexity index is 602. The SMILES string of the molecule is Cc1cc(C)nc(NC(=O)NCCCSc2ncccn2)n1. The number of thioether (sulfide) groups is 1. The molecular formula is C14H18N6OS. The van der Waals surface area contributed by atoms with Crippen LogP contribution in [0, 0.1) is 13.8 Å². The van der Waals surface area contributed by atoms with Gasteiger partial charge in [-0.25, -0.2) is 24.7 Å². The van der Waals surface area contributed by atoms with Crippen molar-refractivity contribution in [3.63, 3.8) is 0 Å². The van der Waals surface area contributed by atoms with Gasteiger partial charge in [-0.1, -0.05) is 11.8 Å². The molecule has 0 aromatic carbocycles. The molecule has 2 heterocycles.